The molecular formula is C9H7Cl5O4. The van der Waals surface area contributed by atoms with E-state index in [-0.39, 0.29) is 0 Å². The third-order valence-corrected chi connectivity index (χ3v) is 8.59. The van der Waals surface area contributed by atoms with E-state index in [0.29, 0.717) is 0 Å². The van der Waals surface area contributed by atoms with Crippen molar-refractivity contribution in [2.45, 2.75) is 37.8 Å². The van der Waals surface area contributed by atoms with E-state index in [1.54, 1.807) is 0 Å². The van der Waals surface area contributed by atoms with Crippen molar-refractivity contribution < 1.29 is 19.7 Å². The van der Waals surface area contributed by atoms with E-state index in [2.05, 4.69) is 0 Å². The first-order valence-electron chi connectivity index (χ1n) is 5.27. The number of hydrogen-bond donors (Lipinski definition) is 2. The number of halogens is 5. The van der Waals surface area contributed by atoms with E-state index in [9.17, 15) is 10.2 Å². The Bertz CT molecular complexity index is 462. The molecule has 8 atom stereocenters. The van der Waals surface area contributed by atoms with Gasteiger partial charge in [0.15, 0.2) is 16.9 Å². The molecule has 0 aromatic rings. The molecule has 8 unspecified atom stereocenters. The van der Waals surface area contributed by atoms with Crippen molar-refractivity contribution in [3.8, 4) is 0 Å². The van der Waals surface area contributed by atoms with E-state index in [1.165, 1.54) is 0 Å². The van der Waals surface area contributed by atoms with Gasteiger partial charge in [-0.25, -0.2) is 0 Å². The Labute approximate surface area is 127 Å². The molecule has 2 heterocycles. The average Bonchev–Trinajstić information content (AvgIpc) is 2.75. The molecule has 2 saturated heterocycles. The van der Waals surface area contributed by atoms with Crippen LogP contribution in [0.1, 0.15) is 0 Å². The van der Waals surface area contributed by atoms with Gasteiger partial charge in [-0.15, -0.1) is 34.8 Å². The van der Waals surface area contributed by atoms with Gasteiger partial charge in [0.1, 0.15) is 15.1 Å². The van der Waals surface area contributed by atoms with E-state index in [0.717, 1.165) is 0 Å². The molecule has 0 amide bonds. The first-order chi connectivity index (χ1) is 8.14. The fraction of sp³-hybridized carbons (Fsp3) is 1.00. The lowest BCUT2D eigenvalue weighted by Gasteiger charge is -2.40. The second kappa shape index (κ2) is 3.06. The standard InChI is InChI=1S/C9H7Cl5O4/c10-5-6(11)1-2-4(17-3(1)15)18-8(5,16)7(2,12)9(6,13)14/h1-5,15-16H. The van der Waals surface area contributed by atoms with Crippen LogP contribution in [0.4, 0.5) is 0 Å². The van der Waals surface area contributed by atoms with E-state index in [1.807, 2.05) is 0 Å². The number of ether oxygens (including phenoxy) is 2. The highest BCUT2D eigenvalue weighted by Crippen LogP contribution is 2.82. The molecule has 2 aliphatic heterocycles. The van der Waals surface area contributed by atoms with E-state index < -0.39 is 49.7 Å². The zero-order chi connectivity index (χ0) is 13.3. The summed E-state index contributed by atoms with van der Waals surface area (Å²) >= 11 is 31.7. The Morgan fingerprint density at radius 2 is 1.67 bits per heavy atom. The Hall–Kier alpha value is 1.29. The lowest BCUT2D eigenvalue weighted by atomic mass is 9.78. The molecule has 0 radical (unpaired) electrons. The zero-order valence-electron chi connectivity index (χ0n) is 8.49. The maximum absolute atomic E-state index is 10.6. The lowest BCUT2D eigenvalue weighted by molar-refractivity contribution is -0.282. The van der Waals surface area contributed by atoms with Crippen molar-refractivity contribution in [1.82, 2.24) is 0 Å². The highest BCUT2D eigenvalue weighted by molar-refractivity contribution is 6.61. The third-order valence-electron chi connectivity index (χ3n) is 4.67. The monoisotopic (exact) mass is 354 g/mol. The number of hydrogen-bond acceptors (Lipinski definition) is 4. The molecule has 4 fully saturated rings. The molecule has 102 valence electrons. The van der Waals surface area contributed by atoms with Gasteiger partial charge in [0.25, 0.3) is 0 Å². The average molecular weight is 356 g/mol. The minimum Gasteiger partial charge on any atom is -0.368 e. The van der Waals surface area contributed by atoms with Crippen LogP contribution in [-0.4, -0.2) is 48.0 Å². The molecule has 0 spiro atoms. The van der Waals surface area contributed by atoms with Crippen LogP contribution in [0.3, 0.4) is 0 Å². The number of aliphatic hydroxyl groups is 2. The second-order valence-electron chi connectivity index (χ2n) is 5.18. The van der Waals surface area contributed by atoms with Gasteiger partial charge in [0, 0.05) is 11.8 Å². The summed E-state index contributed by atoms with van der Waals surface area (Å²) in [5.74, 6) is -3.32. The molecule has 0 aromatic heterocycles. The lowest BCUT2D eigenvalue weighted by Crippen LogP contribution is -2.59. The summed E-state index contributed by atoms with van der Waals surface area (Å²) in [6.45, 7) is 0. The Morgan fingerprint density at radius 3 is 2.28 bits per heavy atom. The second-order valence-corrected chi connectivity index (χ2v) is 8.16. The van der Waals surface area contributed by atoms with Gasteiger partial charge in [-0.05, 0) is 0 Å². The SMILES string of the molecule is OC1OC2OC3(O)C(Cl)C4(Cl)C1C2C3(Cl)C4(Cl)Cl. The van der Waals surface area contributed by atoms with Gasteiger partial charge in [-0.3, -0.25) is 0 Å². The predicted molar refractivity (Wildman–Crippen MR) is 65.1 cm³/mol. The Morgan fingerprint density at radius 1 is 1.06 bits per heavy atom. The van der Waals surface area contributed by atoms with Crippen LogP contribution in [0.2, 0.25) is 0 Å². The van der Waals surface area contributed by atoms with Gasteiger partial charge in [-0.1, -0.05) is 23.2 Å². The Kier molecular flexibility index (Phi) is 2.21. The van der Waals surface area contributed by atoms with Crippen LogP contribution >= 0.6 is 58.0 Å². The fourth-order valence-electron chi connectivity index (χ4n) is 3.94. The summed E-state index contributed by atoms with van der Waals surface area (Å²) < 4.78 is 8.80. The minimum atomic E-state index is -1.99. The first kappa shape index (κ1) is 13.0. The van der Waals surface area contributed by atoms with Gasteiger partial charge >= 0.3 is 0 Å². The van der Waals surface area contributed by atoms with Crippen LogP contribution in [0.5, 0.6) is 0 Å². The molecule has 2 saturated carbocycles. The van der Waals surface area contributed by atoms with Crippen LogP contribution < -0.4 is 0 Å². The van der Waals surface area contributed by atoms with E-state index in [4.69, 9.17) is 67.5 Å². The number of alkyl halides is 5. The van der Waals surface area contributed by atoms with Gasteiger partial charge in [0.2, 0.25) is 5.79 Å². The van der Waals surface area contributed by atoms with Crippen molar-refractivity contribution in [2.75, 3.05) is 0 Å². The molecule has 2 bridgehead atoms. The number of aliphatic hydroxyl groups excluding tert-OH is 1. The molecule has 4 aliphatic rings. The van der Waals surface area contributed by atoms with Crippen LogP contribution in [-0.2, 0) is 9.47 Å². The number of fused-ring (bicyclic) bond motifs is 2. The first-order valence-corrected chi connectivity index (χ1v) is 7.22. The Balaban J connectivity index is 2.06. The minimum absolute atomic E-state index is 0.623. The van der Waals surface area contributed by atoms with Crippen molar-refractivity contribution in [1.29, 1.82) is 0 Å². The number of rotatable bonds is 0. The summed E-state index contributed by atoms with van der Waals surface area (Å²) in [5, 5.41) is 19.3. The molecule has 4 rings (SSSR count). The van der Waals surface area contributed by atoms with Crippen LogP contribution in [0.25, 0.3) is 0 Å². The normalized spacial score (nSPS) is 71.2. The molecule has 2 aliphatic carbocycles. The van der Waals surface area contributed by atoms with Gasteiger partial charge in [-0.2, -0.15) is 0 Å². The summed E-state index contributed by atoms with van der Waals surface area (Å²) in [7, 11) is 0. The summed E-state index contributed by atoms with van der Waals surface area (Å²) in [4.78, 5) is -3.16. The molecule has 4 nitrogen and oxygen atoms in total. The quantitative estimate of drug-likeness (QED) is 0.644. The van der Waals surface area contributed by atoms with Crippen molar-refractivity contribution in [3.05, 3.63) is 0 Å². The van der Waals surface area contributed by atoms with Gasteiger partial charge in [0.05, 0.1) is 0 Å². The maximum Gasteiger partial charge on any atom is 0.209 e. The smallest absolute Gasteiger partial charge is 0.209 e. The largest absolute Gasteiger partial charge is 0.368 e. The predicted octanol–water partition coefficient (Wildman–Crippen LogP) is 1.38. The van der Waals surface area contributed by atoms with Crippen molar-refractivity contribution in [2.24, 2.45) is 11.8 Å². The van der Waals surface area contributed by atoms with Crippen LogP contribution in [0, 0.1) is 11.8 Å². The maximum atomic E-state index is 10.6. The molecule has 9 heteroatoms. The zero-order valence-corrected chi connectivity index (χ0v) is 12.3. The fourth-order valence-corrected chi connectivity index (χ4v) is 6.77. The highest BCUT2D eigenvalue weighted by atomic mass is 35.5. The molecule has 18 heavy (non-hydrogen) atoms. The highest BCUT2D eigenvalue weighted by Gasteiger charge is 2.98. The summed E-state index contributed by atoms with van der Waals surface area (Å²) in [5.41, 5.74) is 0. The van der Waals surface area contributed by atoms with Crippen molar-refractivity contribution in [3.63, 3.8) is 0 Å². The molecule has 2 N–H and O–H groups in total. The van der Waals surface area contributed by atoms with Crippen LogP contribution in [0.15, 0.2) is 0 Å². The molecular weight excluding hydrogens is 349 g/mol. The third kappa shape index (κ3) is 0.854. The van der Waals surface area contributed by atoms with Crippen molar-refractivity contribution >= 4 is 58.0 Å². The topological polar surface area (TPSA) is 58.9 Å². The van der Waals surface area contributed by atoms with Gasteiger partial charge < -0.3 is 19.7 Å². The molecule has 0 aromatic carbocycles. The summed E-state index contributed by atoms with van der Waals surface area (Å²) in [6, 6.07) is 0. The summed E-state index contributed by atoms with van der Waals surface area (Å²) in [6.07, 6.45) is -2.16. The van der Waals surface area contributed by atoms with E-state index >= 15 is 0 Å².